The molecule has 0 N–H and O–H groups in total. The van der Waals surface area contributed by atoms with Gasteiger partial charge in [0.15, 0.2) is 5.76 Å². The van der Waals surface area contributed by atoms with Gasteiger partial charge >= 0.3 is 0 Å². The van der Waals surface area contributed by atoms with E-state index in [0.29, 0.717) is 5.76 Å². The summed E-state index contributed by atoms with van der Waals surface area (Å²) < 4.78 is 5.20. The molecule has 3 rings (SSSR count). The first-order chi connectivity index (χ1) is 10.2. The van der Waals surface area contributed by atoms with E-state index in [1.165, 1.54) is 32.5 Å². The number of rotatable bonds is 3. The molecule has 116 valence electrons. The lowest BCUT2D eigenvalue weighted by molar-refractivity contribution is 0.0560. The highest BCUT2D eigenvalue weighted by molar-refractivity contribution is 5.91. The Morgan fingerprint density at radius 1 is 1.29 bits per heavy atom. The topological polar surface area (TPSA) is 39.9 Å². The van der Waals surface area contributed by atoms with Crippen LogP contribution in [0.2, 0.25) is 0 Å². The standard InChI is InChI=1S/C16H25N3O2/c1-17-6-2-4-14(12-17)13-18-7-9-19(10-8-18)16(20)15-5-3-11-21-15/h3,5,11,14H,2,4,6-10,12-13H2,1H3. The van der Waals surface area contributed by atoms with Crippen molar-refractivity contribution in [2.45, 2.75) is 12.8 Å². The average Bonchev–Trinajstić information content (AvgIpc) is 3.01. The molecule has 0 aromatic carbocycles. The number of furan rings is 1. The lowest BCUT2D eigenvalue weighted by Crippen LogP contribution is -2.50. The Morgan fingerprint density at radius 3 is 2.76 bits per heavy atom. The van der Waals surface area contributed by atoms with Crippen molar-refractivity contribution < 1.29 is 9.21 Å². The molecular weight excluding hydrogens is 266 g/mol. The van der Waals surface area contributed by atoms with Crippen LogP contribution in [0.15, 0.2) is 22.8 Å². The van der Waals surface area contributed by atoms with Gasteiger partial charge in [0, 0.05) is 39.3 Å². The summed E-state index contributed by atoms with van der Waals surface area (Å²) in [6.45, 7) is 7.20. The number of carbonyl (C=O) groups excluding carboxylic acids is 1. The molecule has 0 spiro atoms. The van der Waals surface area contributed by atoms with Crippen LogP contribution in [0.4, 0.5) is 0 Å². The first-order valence-corrected chi connectivity index (χ1v) is 7.96. The van der Waals surface area contributed by atoms with Crippen LogP contribution in [0, 0.1) is 5.92 Å². The highest BCUT2D eigenvalue weighted by atomic mass is 16.3. The van der Waals surface area contributed by atoms with Crippen LogP contribution in [-0.2, 0) is 0 Å². The maximum absolute atomic E-state index is 12.2. The lowest BCUT2D eigenvalue weighted by atomic mass is 9.97. The first kappa shape index (κ1) is 14.6. The molecule has 5 nitrogen and oxygen atoms in total. The van der Waals surface area contributed by atoms with Gasteiger partial charge in [-0.15, -0.1) is 0 Å². The first-order valence-electron chi connectivity index (χ1n) is 7.96. The van der Waals surface area contributed by atoms with E-state index in [9.17, 15) is 4.79 Å². The molecule has 1 unspecified atom stereocenters. The predicted molar refractivity (Wildman–Crippen MR) is 81.3 cm³/mol. The number of piperidine rings is 1. The number of carbonyl (C=O) groups is 1. The fourth-order valence-electron chi connectivity index (χ4n) is 3.48. The normalized spacial score (nSPS) is 25.2. The Kier molecular flexibility index (Phi) is 4.60. The van der Waals surface area contributed by atoms with Crippen molar-refractivity contribution in [2.24, 2.45) is 5.92 Å². The van der Waals surface area contributed by atoms with E-state index >= 15 is 0 Å². The fraction of sp³-hybridized carbons (Fsp3) is 0.688. The molecule has 5 heteroatoms. The van der Waals surface area contributed by atoms with E-state index in [1.807, 2.05) is 4.90 Å². The van der Waals surface area contributed by atoms with Crippen LogP contribution in [0.3, 0.4) is 0 Å². The summed E-state index contributed by atoms with van der Waals surface area (Å²) in [5, 5.41) is 0. The van der Waals surface area contributed by atoms with Gasteiger partial charge in [-0.2, -0.15) is 0 Å². The van der Waals surface area contributed by atoms with Crippen LogP contribution in [0.5, 0.6) is 0 Å². The summed E-state index contributed by atoms with van der Waals surface area (Å²) in [4.78, 5) is 19.1. The molecule has 0 radical (unpaired) electrons. The Balaban J connectivity index is 1.45. The van der Waals surface area contributed by atoms with Crippen LogP contribution >= 0.6 is 0 Å². The second-order valence-electron chi connectivity index (χ2n) is 6.34. The molecule has 21 heavy (non-hydrogen) atoms. The summed E-state index contributed by atoms with van der Waals surface area (Å²) in [5.74, 6) is 1.27. The van der Waals surface area contributed by atoms with Crippen molar-refractivity contribution in [1.82, 2.24) is 14.7 Å². The molecule has 2 aliphatic heterocycles. The summed E-state index contributed by atoms with van der Waals surface area (Å²) in [5.41, 5.74) is 0. The predicted octanol–water partition coefficient (Wildman–Crippen LogP) is 1.38. The molecule has 2 fully saturated rings. The van der Waals surface area contributed by atoms with E-state index in [-0.39, 0.29) is 5.91 Å². The molecule has 1 atom stereocenters. The largest absolute Gasteiger partial charge is 0.459 e. The van der Waals surface area contributed by atoms with Crippen LogP contribution in [-0.4, -0.2) is 73.5 Å². The maximum atomic E-state index is 12.2. The van der Waals surface area contributed by atoms with Gasteiger partial charge in [0.25, 0.3) is 5.91 Å². The third kappa shape index (κ3) is 3.66. The minimum atomic E-state index is 0.0250. The smallest absolute Gasteiger partial charge is 0.289 e. The average molecular weight is 291 g/mol. The van der Waals surface area contributed by atoms with Gasteiger partial charge in [0.1, 0.15) is 0 Å². The monoisotopic (exact) mass is 291 g/mol. The van der Waals surface area contributed by atoms with Gasteiger partial charge < -0.3 is 14.2 Å². The number of likely N-dealkylation sites (tertiary alicyclic amines) is 1. The van der Waals surface area contributed by atoms with Crippen LogP contribution in [0.1, 0.15) is 23.4 Å². The number of hydrogen-bond donors (Lipinski definition) is 0. The number of nitrogens with zero attached hydrogens (tertiary/aromatic N) is 3. The minimum Gasteiger partial charge on any atom is -0.459 e. The molecule has 0 aliphatic carbocycles. The Hall–Kier alpha value is -1.33. The van der Waals surface area contributed by atoms with Gasteiger partial charge in [0.2, 0.25) is 0 Å². The molecule has 3 heterocycles. The molecule has 2 aliphatic rings. The molecule has 1 amide bonds. The van der Waals surface area contributed by atoms with Crippen molar-refractivity contribution in [1.29, 1.82) is 0 Å². The minimum absolute atomic E-state index is 0.0250. The third-order valence-electron chi connectivity index (χ3n) is 4.63. The van der Waals surface area contributed by atoms with Gasteiger partial charge in [-0.3, -0.25) is 9.69 Å². The van der Waals surface area contributed by atoms with E-state index < -0.39 is 0 Å². The van der Waals surface area contributed by atoms with Crippen molar-refractivity contribution in [3.63, 3.8) is 0 Å². The molecule has 1 aromatic rings. The zero-order chi connectivity index (χ0) is 14.7. The van der Waals surface area contributed by atoms with E-state index in [0.717, 1.165) is 32.1 Å². The zero-order valence-corrected chi connectivity index (χ0v) is 12.8. The Labute approximate surface area is 126 Å². The van der Waals surface area contributed by atoms with Gasteiger partial charge in [-0.25, -0.2) is 0 Å². The van der Waals surface area contributed by atoms with Crippen LogP contribution < -0.4 is 0 Å². The van der Waals surface area contributed by atoms with E-state index in [2.05, 4.69) is 16.8 Å². The second-order valence-corrected chi connectivity index (χ2v) is 6.34. The quantitative estimate of drug-likeness (QED) is 0.843. The second kappa shape index (κ2) is 6.62. The number of hydrogen-bond acceptors (Lipinski definition) is 4. The van der Waals surface area contributed by atoms with Crippen molar-refractivity contribution in [2.75, 3.05) is 52.9 Å². The molecule has 2 saturated heterocycles. The molecule has 0 saturated carbocycles. The molecular formula is C16H25N3O2. The number of piperazine rings is 1. The number of amides is 1. The summed E-state index contributed by atoms with van der Waals surface area (Å²) in [7, 11) is 2.21. The lowest BCUT2D eigenvalue weighted by Gasteiger charge is -2.38. The highest BCUT2D eigenvalue weighted by Gasteiger charge is 2.26. The van der Waals surface area contributed by atoms with E-state index in [1.54, 1.807) is 18.4 Å². The Morgan fingerprint density at radius 2 is 2.10 bits per heavy atom. The third-order valence-corrected chi connectivity index (χ3v) is 4.63. The van der Waals surface area contributed by atoms with Gasteiger partial charge in [-0.1, -0.05) is 0 Å². The van der Waals surface area contributed by atoms with Crippen molar-refractivity contribution in [3.8, 4) is 0 Å². The maximum Gasteiger partial charge on any atom is 0.289 e. The summed E-state index contributed by atoms with van der Waals surface area (Å²) >= 11 is 0. The zero-order valence-electron chi connectivity index (χ0n) is 12.8. The van der Waals surface area contributed by atoms with Gasteiger partial charge in [-0.05, 0) is 44.5 Å². The summed E-state index contributed by atoms with van der Waals surface area (Å²) in [6.07, 6.45) is 4.22. The van der Waals surface area contributed by atoms with Crippen molar-refractivity contribution >= 4 is 5.91 Å². The molecule has 0 bridgehead atoms. The SMILES string of the molecule is CN1CCCC(CN2CCN(C(=O)c3ccco3)CC2)C1. The highest BCUT2D eigenvalue weighted by Crippen LogP contribution is 2.17. The van der Waals surface area contributed by atoms with Crippen LogP contribution in [0.25, 0.3) is 0 Å². The summed E-state index contributed by atoms with van der Waals surface area (Å²) in [6, 6.07) is 3.51. The van der Waals surface area contributed by atoms with E-state index in [4.69, 9.17) is 4.42 Å². The molecule has 1 aromatic heterocycles. The van der Waals surface area contributed by atoms with Gasteiger partial charge in [0.05, 0.1) is 6.26 Å². The van der Waals surface area contributed by atoms with Crippen molar-refractivity contribution in [3.05, 3.63) is 24.2 Å². The Bertz CT molecular complexity index is 452. The fourth-order valence-corrected chi connectivity index (χ4v) is 3.48.